The van der Waals surface area contributed by atoms with Crippen LogP contribution < -0.4 is 0 Å². The first-order valence-electron chi connectivity index (χ1n) is 6.12. The Morgan fingerprint density at radius 2 is 1.58 bits per heavy atom. The van der Waals surface area contributed by atoms with Crippen LogP contribution in [0.2, 0.25) is 0 Å². The van der Waals surface area contributed by atoms with Crippen molar-refractivity contribution >= 4 is 0 Å². The molecule has 4 heteroatoms. The molecule has 0 aliphatic heterocycles. The van der Waals surface area contributed by atoms with E-state index in [-0.39, 0.29) is 13.0 Å². The number of hydrogen-bond acceptors (Lipinski definition) is 3. The second kappa shape index (κ2) is 6.11. The maximum Gasteiger partial charge on any atom is 0.206 e. The summed E-state index contributed by atoms with van der Waals surface area (Å²) in [5.41, 5.74) is 2.88. The highest BCUT2D eigenvalue weighted by molar-refractivity contribution is 5.63. The molecule has 0 aromatic heterocycles. The van der Waals surface area contributed by atoms with Gasteiger partial charge in [0.1, 0.15) is 0 Å². The van der Waals surface area contributed by atoms with Crippen molar-refractivity contribution in [3.63, 3.8) is 0 Å². The summed E-state index contributed by atoms with van der Waals surface area (Å²) in [4.78, 5) is 9.85. The molecule has 0 amide bonds. The number of hydrogen-bond donors (Lipinski definition) is 1. The van der Waals surface area contributed by atoms with Gasteiger partial charge in [-0.2, -0.15) is 0 Å². The number of aliphatic hydroxyl groups excluding tert-OH is 1. The van der Waals surface area contributed by atoms with E-state index in [9.17, 15) is 15.2 Å². The van der Waals surface area contributed by atoms with Crippen LogP contribution in [-0.2, 0) is 0 Å². The molecule has 0 aliphatic carbocycles. The van der Waals surface area contributed by atoms with Gasteiger partial charge in [0.25, 0.3) is 0 Å². The molecule has 2 aromatic rings. The van der Waals surface area contributed by atoms with Gasteiger partial charge < -0.3 is 5.11 Å². The molecule has 0 bridgehead atoms. The van der Waals surface area contributed by atoms with Crippen LogP contribution in [0.3, 0.4) is 0 Å². The monoisotopic (exact) mass is 257 g/mol. The molecule has 2 aromatic carbocycles. The fourth-order valence-electron chi connectivity index (χ4n) is 1.92. The van der Waals surface area contributed by atoms with Crippen LogP contribution in [0, 0.1) is 10.1 Å². The Bertz CT molecular complexity index is 537. The summed E-state index contributed by atoms with van der Waals surface area (Å²) in [6.07, 6.45) is -0.646. The number of aliphatic hydroxyl groups is 1. The molecule has 0 saturated carbocycles. The minimum atomic E-state index is -0.782. The lowest BCUT2D eigenvalue weighted by atomic mass is 10.0. The Labute approximate surface area is 111 Å². The van der Waals surface area contributed by atoms with Crippen LogP contribution in [-0.4, -0.2) is 16.6 Å². The third-order valence-electron chi connectivity index (χ3n) is 2.99. The van der Waals surface area contributed by atoms with E-state index >= 15 is 0 Å². The molecule has 4 nitrogen and oxygen atoms in total. The van der Waals surface area contributed by atoms with Gasteiger partial charge in [-0.05, 0) is 16.7 Å². The Morgan fingerprint density at radius 3 is 2.16 bits per heavy atom. The molecule has 2 rings (SSSR count). The highest BCUT2D eigenvalue weighted by atomic mass is 16.6. The van der Waals surface area contributed by atoms with Gasteiger partial charge in [-0.25, -0.2) is 0 Å². The molecule has 0 radical (unpaired) electrons. The average Bonchev–Trinajstić information content (AvgIpc) is 2.46. The van der Waals surface area contributed by atoms with E-state index in [0.717, 1.165) is 11.1 Å². The first kappa shape index (κ1) is 13.2. The molecule has 98 valence electrons. The number of nitro groups is 1. The van der Waals surface area contributed by atoms with Crippen molar-refractivity contribution in [1.29, 1.82) is 0 Å². The minimum absolute atomic E-state index is 0.137. The van der Waals surface area contributed by atoms with E-state index in [2.05, 4.69) is 0 Å². The second-order valence-corrected chi connectivity index (χ2v) is 4.35. The standard InChI is InChI=1S/C15H15NO3/c17-15(10-11-16(18)19)14-8-6-13(7-9-14)12-4-2-1-3-5-12/h1-9,15,17H,10-11H2. The van der Waals surface area contributed by atoms with Crippen molar-refractivity contribution in [2.45, 2.75) is 12.5 Å². The first-order chi connectivity index (χ1) is 9.16. The molecule has 0 fully saturated rings. The molecule has 19 heavy (non-hydrogen) atoms. The highest BCUT2D eigenvalue weighted by Gasteiger charge is 2.10. The lowest BCUT2D eigenvalue weighted by molar-refractivity contribution is -0.482. The van der Waals surface area contributed by atoms with Crippen molar-refractivity contribution in [3.05, 3.63) is 70.3 Å². The molecule has 0 spiro atoms. The third-order valence-corrected chi connectivity index (χ3v) is 2.99. The van der Waals surface area contributed by atoms with E-state index in [1.165, 1.54) is 0 Å². The van der Waals surface area contributed by atoms with E-state index in [1.54, 1.807) is 0 Å². The number of rotatable bonds is 5. The fourth-order valence-corrected chi connectivity index (χ4v) is 1.92. The van der Waals surface area contributed by atoms with Crippen molar-refractivity contribution in [3.8, 4) is 11.1 Å². The Hall–Kier alpha value is -2.20. The van der Waals surface area contributed by atoms with E-state index in [4.69, 9.17) is 0 Å². The SMILES string of the molecule is O=[N+]([O-])CCC(O)c1ccc(-c2ccccc2)cc1. The summed E-state index contributed by atoms with van der Waals surface area (Å²) >= 11 is 0. The molecule has 1 N–H and O–H groups in total. The Kier molecular flexibility index (Phi) is 4.26. The molecule has 1 atom stereocenters. The van der Waals surface area contributed by atoms with Crippen LogP contribution in [0.5, 0.6) is 0 Å². The van der Waals surface area contributed by atoms with Gasteiger partial charge in [-0.1, -0.05) is 54.6 Å². The maximum atomic E-state index is 10.3. The summed E-state index contributed by atoms with van der Waals surface area (Å²) in [6.45, 7) is -0.221. The number of benzene rings is 2. The average molecular weight is 257 g/mol. The van der Waals surface area contributed by atoms with Gasteiger partial charge in [0, 0.05) is 11.3 Å². The topological polar surface area (TPSA) is 63.4 Å². The van der Waals surface area contributed by atoms with Gasteiger partial charge >= 0.3 is 0 Å². The smallest absolute Gasteiger partial charge is 0.206 e. The largest absolute Gasteiger partial charge is 0.388 e. The summed E-state index contributed by atoms with van der Waals surface area (Å²) in [7, 11) is 0. The fraction of sp³-hybridized carbons (Fsp3) is 0.200. The molecule has 0 aliphatic rings. The summed E-state index contributed by atoms with van der Waals surface area (Å²) < 4.78 is 0. The molecular formula is C15H15NO3. The van der Waals surface area contributed by atoms with Crippen LogP contribution in [0.15, 0.2) is 54.6 Å². The van der Waals surface area contributed by atoms with Crippen molar-refractivity contribution in [2.75, 3.05) is 6.54 Å². The summed E-state index contributed by atoms with van der Waals surface area (Å²) in [6, 6.07) is 17.4. The third kappa shape index (κ3) is 3.63. The molecule has 1 unspecified atom stereocenters. The summed E-state index contributed by atoms with van der Waals surface area (Å²) in [5.74, 6) is 0. The Balaban J connectivity index is 2.08. The summed E-state index contributed by atoms with van der Waals surface area (Å²) in [5, 5.41) is 20.1. The van der Waals surface area contributed by atoms with E-state index in [0.29, 0.717) is 5.56 Å². The van der Waals surface area contributed by atoms with E-state index in [1.807, 2.05) is 54.6 Å². The molecule has 0 heterocycles. The highest BCUT2D eigenvalue weighted by Crippen LogP contribution is 2.23. The zero-order chi connectivity index (χ0) is 13.7. The minimum Gasteiger partial charge on any atom is -0.388 e. The van der Waals surface area contributed by atoms with E-state index < -0.39 is 11.0 Å². The normalized spacial score (nSPS) is 12.1. The van der Waals surface area contributed by atoms with Crippen LogP contribution >= 0.6 is 0 Å². The Morgan fingerprint density at radius 1 is 1.00 bits per heavy atom. The van der Waals surface area contributed by atoms with Crippen LogP contribution in [0.4, 0.5) is 0 Å². The lowest BCUT2D eigenvalue weighted by Gasteiger charge is -2.09. The first-order valence-corrected chi connectivity index (χ1v) is 6.12. The predicted molar refractivity (Wildman–Crippen MR) is 73.3 cm³/mol. The lowest BCUT2D eigenvalue weighted by Crippen LogP contribution is -2.07. The number of nitrogens with zero attached hydrogens (tertiary/aromatic N) is 1. The van der Waals surface area contributed by atoms with Gasteiger partial charge in [-0.15, -0.1) is 0 Å². The maximum absolute atomic E-state index is 10.3. The van der Waals surface area contributed by atoms with Gasteiger partial charge in [-0.3, -0.25) is 10.1 Å². The van der Waals surface area contributed by atoms with Crippen LogP contribution in [0.1, 0.15) is 18.1 Å². The predicted octanol–water partition coefficient (Wildman–Crippen LogP) is 3.05. The molecular weight excluding hydrogens is 242 g/mol. The zero-order valence-corrected chi connectivity index (χ0v) is 10.4. The van der Waals surface area contributed by atoms with Gasteiger partial charge in [0.15, 0.2) is 0 Å². The van der Waals surface area contributed by atoms with Gasteiger partial charge in [0.05, 0.1) is 6.10 Å². The quantitative estimate of drug-likeness (QED) is 0.661. The van der Waals surface area contributed by atoms with Gasteiger partial charge in [0.2, 0.25) is 6.54 Å². The molecule has 0 saturated heterocycles. The second-order valence-electron chi connectivity index (χ2n) is 4.35. The van der Waals surface area contributed by atoms with Crippen molar-refractivity contribution in [1.82, 2.24) is 0 Å². The van der Waals surface area contributed by atoms with Crippen LogP contribution in [0.25, 0.3) is 11.1 Å². The van der Waals surface area contributed by atoms with Crippen molar-refractivity contribution < 1.29 is 10.0 Å². The zero-order valence-electron chi connectivity index (χ0n) is 10.4. The van der Waals surface area contributed by atoms with Crippen molar-refractivity contribution in [2.24, 2.45) is 0 Å².